The number of aliphatic hydroxyl groups excluding tert-OH is 2. The maximum absolute atomic E-state index is 13.1. The topological polar surface area (TPSA) is 175 Å². The molecule has 0 saturated carbocycles. The molecule has 1 rings (SSSR count). The Balaban J connectivity index is 2.76. The molecule has 0 aromatic rings. The molecule has 3 N–H and O–H groups in total. The Bertz CT molecular complexity index is 1610. The predicted octanol–water partition coefficient (Wildman–Crippen LogP) is 13.3. The summed E-state index contributed by atoms with van der Waals surface area (Å²) in [5, 5.41) is 31.3. The molecule has 1 aliphatic rings. The zero-order valence-corrected chi connectivity index (χ0v) is 43.9. The Kier molecular flexibility index (Phi) is 42.5. The van der Waals surface area contributed by atoms with Crippen LogP contribution in [0.3, 0.4) is 0 Å². The van der Waals surface area contributed by atoms with Gasteiger partial charge in [-0.3, -0.25) is 14.4 Å². The normalized spacial score (nSPS) is 19.3. The van der Waals surface area contributed by atoms with Crippen LogP contribution in [0.2, 0.25) is 0 Å². The lowest BCUT2D eigenvalue weighted by Crippen LogP contribution is -2.61. The molecule has 6 unspecified atom stereocenters. The molecule has 0 aromatic heterocycles. The minimum Gasteiger partial charge on any atom is -0.479 e. The summed E-state index contributed by atoms with van der Waals surface area (Å²) < 4.78 is 28.3. The van der Waals surface area contributed by atoms with Gasteiger partial charge in [-0.15, -0.1) is 0 Å². The molecule has 0 spiro atoms. The first kappa shape index (κ1) is 64.7. The van der Waals surface area contributed by atoms with Gasteiger partial charge in [0.2, 0.25) is 0 Å². The molecule has 1 heterocycles. The van der Waals surface area contributed by atoms with Gasteiger partial charge >= 0.3 is 23.9 Å². The van der Waals surface area contributed by atoms with E-state index < -0.39 is 67.3 Å². The third kappa shape index (κ3) is 37.1. The number of ether oxygens (including phenoxy) is 5. The standard InChI is InChI=1S/C59H94O12/c1-4-7-10-13-16-19-22-24-25-26-27-29-31-33-36-39-42-45-51(60)67-48-50(69-52(61)46-43-40-37-35-32-28-23-20-17-14-11-8-5-2)49-68-59-57(55(64)54(63)56(71-59)58(65)66)70-53(62)47-44-41-38-34-30-21-18-15-12-9-6-3/h7-8,10-11,15-20,24-25,27-29,32,50,54-57,59,63-64H,4-6,9,12-14,21-23,26,30-31,33-49H2,1-3H3,(H,65,66)/b10-7-,11-8-,18-15-,19-16-,20-17-,25-24-,29-27-,32-28-. The number of allylic oxidation sites excluding steroid dienone is 16. The van der Waals surface area contributed by atoms with Crippen LogP contribution < -0.4 is 0 Å². The lowest BCUT2D eigenvalue weighted by Gasteiger charge is -2.40. The van der Waals surface area contributed by atoms with Gasteiger partial charge in [0.05, 0.1) is 6.61 Å². The van der Waals surface area contributed by atoms with Gasteiger partial charge in [-0.2, -0.15) is 0 Å². The summed E-state index contributed by atoms with van der Waals surface area (Å²) in [6.45, 7) is 5.64. The number of hydrogen-bond acceptors (Lipinski definition) is 11. The summed E-state index contributed by atoms with van der Waals surface area (Å²) in [5.41, 5.74) is 0. The predicted molar refractivity (Wildman–Crippen MR) is 284 cm³/mol. The minimum absolute atomic E-state index is 0.0393. The average Bonchev–Trinajstić information content (AvgIpc) is 3.35. The smallest absolute Gasteiger partial charge is 0.335 e. The van der Waals surface area contributed by atoms with Crippen molar-refractivity contribution in [1.29, 1.82) is 0 Å². The highest BCUT2D eigenvalue weighted by Gasteiger charge is 2.50. The van der Waals surface area contributed by atoms with Crippen LogP contribution in [0.5, 0.6) is 0 Å². The van der Waals surface area contributed by atoms with Gasteiger partial charge in [-0.05, 0) is 109 Å². The van der Waals surface area contributed by atoms with Crippen molar-refractivity contribution in [2.75, 3.05) is 13.2 Å². The summed E-state index contributed by atoms with van der Waals surface area (Å²) in [4.78, 5) is 50.9. The quantitative estimate of drug-likeness (QED) is 0.0228. The Morgan fingerprint density at radius 1 is 0.479 bits per heavy atom. The summed E-state index contributed by atoms with van der Waals surface area (Å²) in [6, 6.07) is 0. The second-order valence-electron chi connectivity index (χ2n) is 18.1. The first-order valence-electron chi connectivity index (χ1n) is 27.2. The summed E-state index contributed by atoms with van der Waals surface area (Å²) in [6.07, 6.45) is 48.3. The number of esters is 3. The fourth-order valence-electron chi connectivity index (χ4n) is 7.47. The molecule has 12 heteroatoms. The van der Waals surface area contributed by atoms with Crippen molar-refractivity contribution < 1.29 is 58.2 Å². The minimum atomic E-state index is -1.92. The van der Waals surface area contributed by atoms with E-state index >= 15 is 0 Å². The number of aliphatic carboxylic acids is 1. The van der Waals surface area contributed by atoms with Crippen LogP contribution in [0.1, 0.15) is 201 Å². The lowest BCUT2D eigenvalue weighted by atomic mass is 9.98. The Labute approximate surface area is 428 Å². The molecule has 402 valence electrons. The van der Waals surface area contributed by atoms with Crippen LogP contribution in [0.25, 0.3) is 0 Å². The van der Waals surface area contributed by atoms with Crippen LogP contribution in [-0.2, 0) is 42.9 Å². The second kappa shape index (κ2) is 46.7. The summed E-state index contributed by atoms with van der Waals surface area (Å²) >= 11 is 0. The first-order valence-corrected chi connectivity index (χ1v) is 27.2. The molecule has 0 bridgehead atoms. The molecule has 0 radical (unpaired) electrons. The molecule has 0 aliphatic carbocycles. The van der Waals surface area contributed by atoms with E-state index in [0.29, 0.717) is 19.3 Å². The highest BCUT2D eigenvalue weighted by molar-refractivity contribution is 5.74. The van der Waals surface area contributed by atoms with Gasteiger partial charge in [0, 0.05) is 19.3 Å². The van der Waals surface area contributed by atoms with E-state index in [4.69, 9.17) is 23.7 Å². The first-order chi connectivity index (χ1) is 34.6. The molecular formula is C59H94O12. The van der Waals surface area contributed by atoms with Crippen LogP contribution in [0, 0.1) is 0 Å². The Hall–Kier alpha value is -4.36. The molecule has 1 saturated heterocycles. The highest BCUT2D eigenvalue weighted by Crippen LogP contribution is 2.26. The number of carboxylic acids is 1. The van der Waals surface area contributed by atoms with E-state index in [0.717, 1.165) is 128 Å². The van der Waals surface area contributed by atoms with Crippen LogP contribution in [0.15, 0.2) is 97.2 Å². The van der Waals surface area contributed by atoms with E-state index in [1.165, 1.54) is 12.8 Å². The largest absolute Gasteiger partial charge is 0.479 e. The molecule has 1 fully saturated rings. The van der Waals surface area contributed by atoms with Crippen molar-refractivity contribution >= 4 is 23.9 Å². The van der Waals surface area contributed by atoms with Gasteiger partial charge in [0.25, 0.3) is 0 Å². The second-order valence-corrected chi connectivity index (χ2v) is 18.1. The fraction of sp³-hybridized carbons (Fsp3) is 0.661. The number of rotatable bonds is 44. The molecule has 6 atom stereocenters. The van der Waals surface area contributed by atoms with Gasteiger partial charge in [0.1, 0.15) is 18.8 Å². The lowest BCUT2D eigenvalue weighted by molar-refractivity contribution is -0.301. The monoisotopic (exact) mass is 995 g/mol. The SMILES string of the molecule is CC/C=C\C/C=C\C/C=C\C/C=C\CCCCCCC(=O)OCC(COC1OC(C(=O)O)C(O)C(O)C1OC(=O)CCCCCCC/C=C\CCCC)OC(=O)CCCCC/C=C\C/C=C\C/C=C\CC. The highest BCUT2D eigenvalue weighted by atomic mass is 16.7. The molecule has 71 heavy (non-hydrogen) atoms. The van der Waals surface area contributed by atoms with Crippen LogP contribution in [0.4, 0.5) is 0 Å². The van der Waals surface area contributed by atoms with E-state index in [2.05, 4.69) is 118 Å². The zero-order valence-electron chi connectivity index (χ0n) is 43.9. The maximum atomic E-state index is 13.1. The van der Waals surface area contributed by atoms with Crippen molar-refractivity contribution in [3.63, 3.8) is 0 Å². The average molecular weight is 995 g/mol. The van der Waals surface area contributed by atoms with Gasteiger partial charge in [0.15, 0.2) is 24.6 Å². The van der Waals surface area contributed by atoms with Crippen molar-refractivity contribution in [1.82, 2.24) is 0 Å². The summed E-state index contributed by atoms with van der Waals surface area (Å²) in [5.74, 6) is -3.22. The molecule has 12 nitrogen and oxygen atoms in total. The van der Waals surface area contributed by atoms with Crippen molar-refractivity contribution in [3.8, 4) is 0 Å². The Morgan fingerprint density at radius 2 is 0.887 bits per heavy atom. The van der Waals surface area contributed by atoms with Crippen molar-refractivity contribution in [2.45, 2.75) is 237 Å². The third-order valence-corrected chi connectivity index (χ3v) is 11.6. The maximum Gasteiger partial charge on any atom is 0.335 e. The van der Waals surface area contributed by atoms with Gasteiger partial charge in [-0.1, -0.05) is 169 Å². The number of carbonyl (C=O) groups is 4. The van der Waals surface area contributed by atoms with E-state index in [1.807, 2.05) is 0 Å². The third-order valence-electron chi connectivity index (χ3n) is 11.6. The summed E-state index contributed by atoms with van der Waals surface area (Å²) in [7, 11) is 0. The van der Waals surface area contributed by atoms with Gasteiger partial charge in [-0.25, -0.2) is 4.79 Å². The van der Waals surface area contributed by atoms with E-state index in [9.17, 15) is 34.5 Å². The molecule has 0 aromatic carbocycles. The van der Waals surface area contributed by atoms with Crippen LogP contribution >= 0.6 is 0 Å². The van der Waals surface area contributed by atoms with Gasteiger partial charge < -0.3 is 39.0 Å². The Morgan fingerprint density at radius 3 is 1.38 bits per heavy atom. The van der Waals surface area contributed by atoms with E-state index in [1.54, 1.807) is 0 Å². The fourth-order valence-corrected chi connectivity index (χ4v) is 7.47. The zero-order chi connectivity index (χ0) is 51.8. The molecular weight excluding hydrogens is 901 g/mol. The number of carbonyl (C=O) groups excluding carboxylic acids is 3. The number of aliphatic hydroxyl groups is 2. The molecule has 0 amide bonds. The number of unbranched alkanes of at least 4 members (excludes halogenated alkanes) is 14. The van der Waals surface area contributed by atoms with Crippen molar-refractivity contribution in [2.24, 2.45) is 0 Å². The number of hydrogen-bond donors (Lipinski definition) is 3. The molecule has 1 aliphatic heterocycles. The van der Waals surface area contributed by atoms with E-state index in [-0.39, 0.29) is 25.9 Å². The number of carboxylic acid groups (broad SMARTS) is 1. The van der Waals surface area contributed by atoms with Crippen molar-refractivity contribution in [3.05, 3.63) is 97.2 Å². The van der Waals surface area contributed by atoms with Crippen LogP contribution in [-0.4, -0.2) is 89.2 Å².